The second-order valence-corrected chi connectivity index (χ2v) is 6.01. The molecule has 0 saturated carbocycles. The van der Waals surface area contributed by atoms with Crippen LogP contribution in [-0.2, 0) is 0 Å². The van der Waals surface area contributed by atoms with Gasteiger partial charge in [-0.05, 0) is 50.3 Å². The van der Waals surface area contributed by atoms with Gasteiger partial charge in [0.2, 0.25) is 0 Å². The highest BCUT2D eigenvalue weighted by Crippen LogP contribution is 2.43. The molecule has 4 rings (SSSR count). The lowest BCUT2D eigenvalue weighted by atomic mass is 9.85. The summed E-state index contributed by atoms with van der Waals surface area (Å²) in [5, 5.41) is 1.44. The number of rotatable bonds is 1. The third-order valence-electron chi connectivity index (χ3n) is 5.16. The van der Waals surface area contributed by atoms with E-state index in [4.69, 9.17) is 0 Å². The fourth-order valence-electron chi connectivity index (χ4n) is 4.10. The van der Waals surface area contributed by atoms with Crippen molar-refractivity contribution < 1.29 is 0 Å². The van der Waals surface area contributed by atoms with E-state index >= 15 is 0 Å². The van der Waals surface area contributed by atoms with Gasteiger partial charge in [-0.2, -0.15) is 0 Å². The summed E-state index contributed by atoms with van der Waals surface area (Å²) >= 11 is 0. The molecule has 2 nitrogen and oxygen atoms in total. The Morgan fingerprint density at radius 2 is 1.83 bits per heavy atom. The van der Waals surface area contributed by atoms with Gasteiger partial charge in [0.05, 0.1) is 0 Å². The van der Waals surface area contributed by atoms with Gasteiger partial charge in [0.1, 0.15) is 0 Å². The van der Waals surface area contributed by atoms with E-state index in [0.717, 1.165) is 18.0 Å². The average molecular weight is 240 g/mol. The number of fused-ring (bicyclic) bond motifs is 3. The zero-order valence-electron chi connectivity index (χ0n) is 10.9. The molecule has 0 spiro atoms. The molecular weight excluding hydrogens is 220 g/mol. The van der Waals surface area contributed by atoms with Crippen molar-refractivity contribution in [1.82, 2.24) is 9.88 Å². The highest BCUT2D eigenvalue weighted by Gasteiger charge is 2.39. The summed E-state index contributed by atoms with van der Waals surface area (Å²) in [5.41, 5.74) is 2.84. The maximum Gasteiger partial charge on any atom is 0.0456 e. The van der Waals surface area contributed by atoms with E-state index in [1.54, 1.807) is 5.56 Å². The van der Waals surface area contributed by atoms with E-state index in [-0.39, 0.29) is 0 Å². The molecule has 2 atom stereocenters. The number of benzene rings is 1. The standard InChI is InChI=1S/C16H20N2/c1-18-12-6-7-13(18)9-11(8-12)15-10-17-16-5-3-2-4-14(15)16/h2-5,10-13,17H,6-9H2,1H3. The smallest absolute Gasteiger partial charge is 0.0456 e. The Labute approximate surface area is 108 Å². The fraction of sp³-hybridized carbons (Fsp3) is 0.500. The van der Waals surface area contributed by atoms with Crippen LogP contribution in [0.3, 0.4) is 0 Å². The molecule has 2 unspecified atom stereocenters. The van der Waals surface area contributed by atoms with E-state index in [1.807, 2.05) is 0 Å². The lowest BCUT2D eigenvalue weighted by molar-refractivity contribution is 0.162. The molecule has 2 heteroatoms. The van der Waals surface area contributed by atoms with Gasteiger partial charge in [0, 0.05) is 29.2 Å². The van der Waals surface area contributed by atoms with Crippen molar-refractivity contribution in [3.63, 3.8) is 0 Å². The van der Waals surface area contributed by atoms with Crippen molar-refractivity contribution >= 4 is 10.9 Å². The number of hydrogen-bond acceptors (Lipinski definition) is 1. The lowest BCUT2D eigenvalue weighted by Gasteiger charge is -2.36. The summed E-state index contributed by atoms with van der Waals surface area (Å²) in [5.74, 6) is 0.759. The number of aromatic amines is 1. The number of aromatic nitrogens is 1. The van der Waals surface area contributed by atoms with Gasteiger partial charge < -0.3 is 9.88 Å². The molecule has 1 aromatic heterocycles. The first kappa shape index (κ1) is 10.6. The van der Waals surface area contributed by atoms with Gasteiger partial charge in [-0.25, -0.2) is 0 Å². The van der Waals surface area contributed by atoms with Crippen molar-refractivity contribution in [3.05, 3.63) is 36.0 Å². The number of nitrogens with zero attached hydrogens (tertiary/aromatic N) is 1. The van der Waals surface area contributed by atoms with Crippen molar-refractivity contribution in [2.45, 2.75) is 43.7 Å². The Balaban J connectivity index is 1.72. The summed E-state index contributed by atoms with van der Waals surface area (Å²) in [7, 11) is 2.31. The molecule has 1 N–H and O–H groups in total. The molecule has 94 valence electrons. The highest BCUT2D eigenvalue weighted by molar-refractivity contribution is 5.83. The molecule has 2 saturated heterocycles. The molecule has 0 amide bonds. The zero-order valence-corrected chi connectivity index (χ0v) is 10.9. The van der Waals surface area contributed by atoms with Crippen LogP contribution in [0, 0.1) is 0 Å². The Hall–Kier alpha value is -1.28. The fourth-order valence-corrected chi connectivity index (χ4v) is 4.10. The summed E-state index contributed by atoms with van der Waals surface area (Å²) in [6, 6.07) is 10.4. The van der Waals surface area contributed by atoms with Crippen molar-refractivity contribution in [1.29, 1.82) is 0 Å². The number of para-hydroxylation sites is 1. The quantitative estimate of drug-likeness (QED) is 0.808. The molecule has 2 aliphatic rings. The van der Waals surface area contributed by atoms with Crippen LogP contribution in [-0.4, -0.2) is 29.0 Å². The SMILES string of the molecule is CN1C2CCC1CC(c1c[nH]c3ccccc13)C2. The highest BCUT2D eigenvalue weighted by atomic mass is 15.2. The van der Waals surface area contributed by atoms with Gasteiger partial charge in [-0.1, -0.05) is 18.2 Å². The summed E-state index contributed by atoms with van der Waals surface area (Å²) < 4.78 is 0. The summed E-state index contributed by atoms with van der Waals surface area (Å²) in [4.78, 5) is 6.05. The largest absolute Gasteiger partial charge is 0.361 e. The van der Waals surface area contributed by atoms with E-state index in [2.05, 4.69) is 47.4 Å². The van der Waals surface area contributed by atoms with Crippen LogP contribution in [0.1, 0.15) is 37.2 Å². The minimum absolute atomic E-state index is 0.759. The van der Waals surface area contributed by atoms with Crippen LogP contribution >= 0.6 is 0 Å². The molecule has 18 heavy (non-hydrogen) atoms. The summed E-state index contributed by atoms with van der Waals surface area (Å²) in [6.45, 7) is 0. The van der Waals surface area contributed by atoms with Crippen LogP contribution in [0.2, 0.25) is 0 Å². The third-order valence-corrected chi connectivity index (χ3v) is 5.16. The van der Waals surface area contributed by atoms with Gasteiger partial charge in [0.25, 0.3) is 0 Å². The Morgan fingerprint density at radius 1 is 1.11 bits per heavy atom. The lowest BCUT2D eigenvalue weighted by Crippen LogP contribution is -2.39. The molecule has 1 aromatic carbocycles. The molecule has 2 aromatic rings. The molecular formula is C16H20N2. The van der Waals surface area contributed by atoms with Crippen LogP contribution in [0.4, 0.5) is 0 Å². The van der Waals surface area contributed by atoms with Gasteiger partial charge >= 0.3 is 0 Å². The minimum Gasteiger partial charge on any atom is -0.361 e. The van der Waals surface area contributed by atoms with Gasteiger partial charge in [-0.3, -0.25) is 0 Å². The average Bonchev–Trinajstić information content (AvgIpc) is 2.88. The van der Waals surface area contributed by atoms with E-state index < -0.39 is 0 Å². The number of piperidine rings is 1. The molecule has 2 aliphatic heterocycles. The molecule has 3 heterocycles. The predicted molar refractivity (Wildman–Crippen MR) is 74.8 cm³/mol. The maximum atomic E-state index is 3.43. The number of H-pyrrole nitrogens is 1. The first-order valence-electron chi connectivity index (χ1n) is 7.11. The molecule has 0 radical (unpaired) electrons. The van der Waals surface area contributed by atoms with Crippen LogP contribution in [0.15, 0.2) is 30.5 Å². The Morgan fingerprint density at radius 3 is 2.61 bits per heavy atom. The monoisotopic (exact) mass is 240 g/mol. The van der Waals surface area contributed by atoms with Crippen LogP contribution in [0.5, 0.6) is 0 Å². The van der Waals surface area contributed by atoms with E-state index in [9.17, 15) is 0 Å². The van der Waals surface area contributed by atoms with Gasteiger partial charge in [-0.15, -0.1) is 0 Å². The zero-order chi connectivity index (χ0) is 12.1. The maximum absolute atomic E-state index is 3.43. The van der Waals surface area contributed by atoms with Gasteiger partial charge in [0.15, 0.2) is 0 Å². The van der Waals surface area contributed by atoms with Crippen LogP contribution < -0.4 is 0 Å². The second kappa shape index (κ2) is 3.86. The van der Waals surface area contributed by atoms with Crippen molar-refractivity contribution in [2.24, 2.45) is 0 Å². The normalized spacial score (nSPS) is 32.2. The van der Waals surface area contributed by atoms with Crippen LogP contribution in [0.25, 0.3) is 10.9 Å². The first-order chi connectivity index (χ1) is 8.83. The molecule has 2 bridgehead atoms. The molecule has 2 fully saturated rings. The Kier molecular flexibility index (Phi) is 2.28. The summed E-state index contributed by atoms with van der Waals surface area (Å²) in [6.07, 6.45) is 7.74. The van der Waals surface area contributed by atoms with Crippen molar-refractivity contribution in [3.8, 4) is 0 Å². The topological polar surface area (TPSA) is 19.0 Å². The van der Waals surface area contributed by atoms with Crippen molar-refractivity contribution in [2.75, 3.05) is 7.05 Å². The minimum atomic E-state index is 0.759. The predicted octanol–water partition coefficient (Wildman–Crippen LogP) is 3.51. The molecule has 0 aliphatic carbocycles. The third kappa shape index (κ3) is 1.45. The van der Waals surface area contributed by atoms with E-state index in [1.165, 1.54) is 36.6 Å². The second-order valence-electron chi connectivity index (χ2n) is 6.01. The number of hydrogen-bond donors (Lipinski definition) is 1. The first-order valence-corrected chi connectivity index (χ1v) is 7.11. The Bertz CT molecular complexity index is 557. The number of nitrogens with one attached hydrogen (secondary N) is 1. The van der Waals surface area contributed by atoms with E-state index in [0.29, 0.717) is 0 Å².